The molecule has 0 aliphatic rings. The first-order valence-electron chi connectivity index (χ1n) is 5.81. The summed E-state index contributed by atoms with van der Waals surface area (Å²) in [5, 5.41) is -1.34. The number of sulfone groups is 2. The van der Waals surface area contributed by atoms with Crippen molar-refractivity contribution in [3.8, 4) is 0 Å². The van der Waals surface area contributed by atoms with E-state index in [9.17, 15) is 21.6 Å². The zero-order valence-electron chi connectivity index (χ0n) is 11.4. The van der Waals surface area contributed by atoms with Crippen LogP contribution in [0.25, 0.3) is 0 Å². The number of hydrogen-bond acceptors (Lipinski definition) is 6. The van der Waals surface area contributed by atoms with Gasteiger partial charge in [-0.1, -0.05) is 0 Å². The molecule has 0 N–H and O–H groups in total. The molecular weight excluding hydrogens is 304 g/mol. The van der Waals surface area contributed by atoms with Crippen LogP contribution in [0.3, 0.4) is 0 Å². The summed E-state index contributed by atoms with van der Waals surface area (Å²) in [6, 6.07) is 4.73. The zero-order chi connectivity index (χ0) is 15.6. The summed E-state index contributed by atoms with van der Waals surface area (Å²) in [5.74, 6) is -0.834. The van der Waals surface area contributed by atoms with Crippen molar-refractivity contribution in [1.82, 2.24) is 0 Å². The molecule has 1 aromatic rings. The van der Waals surface area contributed by atoms with Crippen molar-refractivity contribution in [2.45, 2.75) is 28.9 Å². The fourth-order valence-corrected chi connectivity index (χ4v) is 3.34. The third-order valence-electron chi connectivity index (χ3n) is 2.66. The third kappa shape index (κ3) is 3.57. The van der Waals surface area contributed by atoms with Crippen molar-refractivity contribution in [1.29, 1.82) is 0 Å². The summed E-state index contributed by atoms with van der Waals surface area (Å²) in [6.07, 6.45) is 1.03. The lowest BCUT2D eigenvalue weighted by Crippen LogP contribution is -2.29. The minimum atomic E-state index is -3.89. The Balaban J connectivity index is 3.14. The molecule has 20 heavy (non-hydrogen) atoms. The molecule has 0 saturated carbocycles. The Kier molecular flexibility index (Phi) is 4.93. The first kappa shape index (κ1) is 16.6. The van der Waals surface area contributed by atoms with Gasteiger partial charge in [-0.25, -0.2) is 16.8 Å². The van der Waals surface area contributed by atoms with Crippen molar-refractivity contribution in [2.75, 3.05) is 12.9 Å². The van der Waals surface area contributed by atoms with Gasteiger partial charge >= 0.3 is 5.97 Å². The smallest absolute Gasteiger partial charge is 0.324 e. The Morgan fingerprint density at radius 2 is 1.55 bits per heavy atom. The van der Waals surface area contributed by atoms with E-state index in [4.69, 9.17) is 0 Å². The molecule has 0 amide bonds. The van der Waals surface area contributed by atoms with Crippen LogP contribution < -0.4 is 0 Å². The van der Waals surface area contributed by atoms with Gasteiger partial charge in [0.1, 0.15) is 0 Å². The lowest BCUT2D eigenvalue weighted by Gasteiger charge is -2.12. The molecule has 0 aromatic heterocycles. The van der Waals surface area contributed by atoms with Crippen molar-refractivity contribution in [2.24, 2.45) is 0 Å². The average Bonchev–Trinajstić information content (AvgIpc) is 2.37. The fourth-order valence-electron chi connectivity index (χ4n) is 1.47. The van der Waals surface area contributed by atoms with Crippen molar-refractivity contribution < 1.29 is 26.4 Å². The summed E-state index contributed by atoms with van der Waals surface area (Å²) in [4.78, 5) is 11.4. The number of carbonyl (C=O) groups is 1. The van der Waals surface area contributed by atoms with Gasteiger partial charge in [-0.3, -0.25) is 4.79 Å². The lowest BCUT2D eigenvalue weighted by molar-refractivity contribution is -0.142. The Morgan fingerprint density at radius 1 is 1.10 bits per heavy atom. The van der Waals surface area contributed by atoms with Gasteiger partial charge < -0.3 is 4.74 Å². The van der Waals surface area contributed by atoms with E-state index in [1.54, 1.807) is 6.92 Å². The molecule has 0 radical (unpaired) electrons. The van der Waals surface area contributed by atoms with Crippen molar-refractivity contribution >= 4 is 25.6 Å². The van der Waals surface area contributed by atoms with Gasteiger partial charge in [-0.05, 0) is 38.1 Å². The largest absolute Gasteiger partial charge is 0.465 e. The van der Waals surface area contributed by atoms with Gasteiger partial charge in [0, 0.05) is 6.26 Å². The number of benzene rings is 1. The molecule has 112 valence electrons. The molecule has 0 spiro atoms. The maximum atomic E-state index is 12.2. The molecule has 6 nitrogen and oxygen atoms in total. The first-order chi connectivity index (χ1) is 9.10. The van der Waals surface area contributed by atoms with Crippen LogP contribution in [-0.4, -0.2) is 40.9 Å². The van der Waals surface area contributed by atoms with E-state index in [2.05, 4.69) is 4.74 Å². The molecule has 8 heteroatoms. The lowest BCUT2D eigenvalue weighted by atomic mass is 10.4. The summed E-state index contributed by atoms with van der Waals surface area (Å²) >= 11 is 0. The predicted molar refractivity (Wildman–Crippen MR) is 72.8 cm³/mol. The van der Waals surface area contributed by atoms with Crippen LogP contribution in [-0.2, 0) is 29.2 Å². The van der Waals surface area contributed by atoms with E-state index in [1.165, 1.54) is 31.2 Å². The summed E-state index contributed by atoms with van der Waals surface area (Å²) in [5.41, 5.74) is 0. The highest BCUT2D eigenvalue weighted by Crippen LogP contribution is 2.19. The highest BCUT2D eigenvalue weighted by atomic mass is 32.2. The maximum absolute atomic E-state index is 12.2. The van der Waals surface area contributed by atoms with Gasteiger partial charge in [0.25, 0.3) is 0 Å². The average molecular weight is 320 g/mol. The van der Waals surface area contributed by atoms with Gasteiger partial charge in [-0.2, -0.15) is 0 Å². The van der Waals surface area contributed by atoms with Crippen LogP contribution in [0.4, 0.5) is 0 Å². The molecule has 0 aliphatic carbocycles. The van der Waals surface area contributed by atoms with Gasteiger partial charge in [0.2, 0.25) is 0 Å². The monoisotopic (exact) mass is 320 g/mol. The van der Waals surface area contributed by atoms with E-state index in [1.807, 2.05) is 0 Å². The third-order valence-corrected chi connectivity index (χ3v) is 5.85. The zero-order valence-corrected chi connectivity index (χ0v) is 13.0. The molecule has 0 heterocycles. The highest BCUT2D eigenvalue weighted by molar-refractivity contribution is 7.92. The second kappa shape index (κ2) is 5.92. The van der Waals surface area contributed by atoms with Crippen LogP contribution in [0.5, 0.6) is 0 Å². The molecule has 1 rings (SSSR count). The standard InChI is InChI=1S/C12H16O6S2/c1-4-18-12(13)9(2)20(16,17)11-7-5-10(6-8-11)19(3,14)15/h5-9H,4H2,1-3H3. The van der Waals surface area contributed by atoms with Crippen molar-refractivity contribution in [3.05, 3.63) is 24.3 Å². The van der Waals surface area contributed by atoms with E-state index in [-0.39, 0.29) is 16.4 Å². The minimum absolute atomic E-state index is 0.0141. The Hall–Kier alpha value is -1.41. The van der Waals surface area contributed by atoms with Crippen LogP contribution in [0.15, 0.2) is 34.1 Å². The summed E-state index contributed by atoms with van der Waals surface area (Å²) < 4.78 is 51.6. The van der Waals surface area contributed by atoms with Crippen molar-refractivity contribution in [3.63, 3.8) is 0 Å². The first-order valence-corrected chi connectivity index (χ1v) is 9.25. The number of hydrogen-bond donors (Lipinski definition) is 0. The van der Waals surface area contributed by atoms with E-state index in [0.717, 1.165) is 6.26 Å². The maximum Gasteiger partial charge on any atom is 0.324 e. The molecule has 0 fully saturated rings. The fraction of sp³-hybridized carbons (Fsp3) is 0.417. The van der Waals surface area contributed by atoms with E-state index >= 15 is 0 Å². The SMILES string of the molecule is CCOC(=O)C(C)S(=O)(=O)c1ccc(S(C)(=O)=O)cc1. The van der Waals surface area contributed by atoms with Crippen LogP contribution in [0.1, 0.15) is 13.8 Å². The molecular formula is C12H16O6S2. The van der Waals surface area contributed by atoms with Crippen LogP contribution in [0.2, 0.25) is 0 Å². The molecule has 1 atom stereocenters. The quantitative estimate of drug-likeness (QED) is 0.745. The van der Waals surface area contributed by atoms with Gasteiger partial charge in [0.05, 0.1) is 16.4 Å². The number of esters is 1. The van der Waals surface area contributed by atoms with Crippen LogP contribution in [0, 0.1) is 0 Å². The number of ether oxygens (including phenoxy) is 1. The molecule has 1 unspecified atom stereocenters. The second-order valence-electron chi connectivity index (χ2n) is 4.18. The van der Waals surface area contributed by atoms with Gasteiger partial charge in [-0.15, -0.1) is 0 Å². The predicted octanol–water partition coefficient (Wildman–Crippen LogP) is 0.815. The Labute approximate surface area is 118 Å². The molecule has 0 bridgehead atoms. The molecule has 0 saturated heterocycles. The summed E-state index contributed by atoms with van der Waals surface area (Å²) in [7, 11) is -7.29. The van der Waals surface area contributed by atoms with Crippen LogP contribution >= 0.6 is 0 Å². The minimum Gasteiger partial charge on any atom is -0.465 e. The summed E-state index contributed by atoms with van der Waals surface area (Å²) in [6.45, 7) is 2.90. The molecule has 1 aromatic carbocycles. The normalized spacial score (nSPS) is 13.8. The second-order valence-corrected chi connectivity index (χ2v) is 8.47. The topological polar surface area (TPSA) is 94.6 Å². The Bertz CT molecular complexity index is 686. The number of carbonyl (C=O) groups excluding carboxylic acids is 1. The molecule has 0 aliphatic heterocycles. The van der Waals surface area contributed by atoms with E-state index < -0.39 is 30.9 Å². The van der Waals surface area contributed by atoms with E-state index in [0.29, 0.717) is 0 Å². The Morgan fingerprint density at radius 3 is 1.95 bits per heavy atom. The highest BCUT2D eigenvalue weighted by Gasteiger charge is 2.31. The van der Waals surface area contributed by atoms with Gasteiger partial charge in [0.15, 0.2) is 24.9 Å². The number of rotatable bonds is 5.